The minimum Gasteiger partial charge on any atom is -0.481 e. The summed E-state index contributed by atoms with van der Waals surface area (Å²) in [6, 6.07) is 6.68. The second-order valence-corrected chi connectivity index (χ2v) is 5.43. The predicted molar refractivity (Wildman–Crippen MR) is 78.9 cm³/mol. The minimum atomic E-state index is -0.891. The van der Waals surface area contributed by atoms with Gasteiger partial charge in [-0.3, -0.25) is 4.79 Å². The largest absolute Gasteiger partial charge is 0.481 e. The smallest absolute Gasteiger partial charge is 0.322 e. The molecule has 5 heteroatoms. The maximum Gasteiger partial charge on any atom is 0.322 e. The van der Waals surface area contributed by atoms with Crippen molar-refractivity contribution in [1.82, 2.24) is 4.90 Å². The Bertz CT molecular complexity index is 498. The van der Waals surface area contributed by atoms with Crippen molar-refractivity contribution in [3.63, 3.8) is 0 Å². The summed E-state index contributed by atoms with van der Waals surface area (Å²) in [6.45, 7) is 6.01. The minimum absolute atomic E-state index is 0.0556. The summed E-state index contributed by atoms with van der Waals surface area (Å²) in [5.41, 5.74) is 1.03. The molecule has 5 nitrogen and oxygen atoms in total. The van der Waals surface area contributed by atoms with E-state index in [-0.39, 0.29) is 18.0 Å². The number of rotatable bonds is 5. The van der Waals surface area contributed by atoms with E-state index in [1.54, 1.807) is 36.2 Å². The first kappa shape index (κ1) is 16.0. The van der Waals surface area contributed by atoms with Crippen LogP contribution < -0.4 is 5.32 Å². The van der Waals surface area contributed by atoms with E-state index < -0.39 is 5.97 Å². The number of anilines is 1. The lowest BCUT2D eigenvalue weighted by Gasteiger charge is -2.34. The number of nitrogens with one attached hydrogen (secondary N) is 1. The first-order chi connectivity index (χ1) is 9.26. The van der Waals surface area contributed by atoms with Crippen molar-refractivity contribution in [1.29, 1.82) is 0 Å². The summed E-state index contributed by atoms with van der Waals surface area (Å²) >= 11 is 0. The molecule has 20 heavy (non-hydrogen) atoms. The predicted octanol–water partition coefficient (Wildman–Crippen LogP) is 2.97. The molecule has 2 N–H and O–H groups in total. The summed E-state index contributed by atoms with van der Waals surface area (Å²) < 4.78 is 0. The van der Waals surface area contributed by atoms with Gasteiger partial charge in [0.05, 0.1) is 6.42 Å². The third-order valence-electron chi connectivity index (χ3n) is 3.61. The van der Waals surface area contributed by atoms with Crippen molar-refractivity contribution < 1.29 is 14.7 Å². The van der Waals surface area contributed by atoms with Crippen LogP contribution >= 0.6 is 0 Å². The maximum atomic E-state index is 12.1. The van der Waals surface area contributed by atoms with Gasteiger partial charge >= 0.3 is 12.0 Å². The first-order valence-electron chi connectivity index (χ1n) is 6.62. The molecule has 0 aliphatic carbocycles. The molecule has 110 valence electrons. The SMILES string of the molecule is CCC(C)(C)N(C)C(=O)Nc1cccc(CC(=O)O)c1. The van der Waals surface area contributed by atoms with E-state index in [2.05, 4.69) is 5.32 Å². The van der Waals surface area contributed by atoms with Crippen LogP contribution in [0.1, 0.15) is 32.8 Å². The zero-order chi connectivity index (χ0) is 15.3. The van der Waals surface area contributed by atoms with Gasteiger partial charge in [-0.2, -0.15) is 0 Å². The molecule has 0 saturated carbocycles. The summed E-state index contributed by atoms with van der Waals surface area (Å²) in [5, 5.41) is 11.6. The van der Waals surface area contributed by atoms with Gasteiger partial charge in [-0.15, -0.1) is 0 Å². The van der Waals surface area contributed by atoms with E-state index in [1.165, 1.54) is 0 Å². The molecule has 2 amide bonds. The Labute approximate surface area is 119 Å². The molecular weight excluding hydrogens is 256 g/mol. The molecule has 0 fully saturated rings. The number of carbonyl (C=O) groups is 2. The Kier molecular flexibility index (Phi) is 5.13. The molecule has 0 atom stereocenters. The molecule has 0 bridgehead atoms. The van der Waals surface area contributed by atoms with Crippen molar-refractivity contribution in [2.75, 3.05) is 12.4 Å². The summed E-state index contributed by atoms with van der Waals surface area (Å²) in [5.74, 6) is -0.891. The van der Waals surface area contributed by atoms with Gasteiger partial charge in [-0.25, -0.2) is 4.79 Å². The van der Waals surface area contributed by atoms with Crippen LogP contribution in [-0.4, -0.2) is 34.6 Å². The molecule has 0 saturated heterocycles. The van der Waals surface area contributed by atoms with Crippen LogP contribution in [-0.2, 0) is 11.2 Å². The number of carboxylic acid groups (broad SMARTS) is 1. The molecule has 0 heterocycles. The normalized spacial score (nSPS) is 11.0. The van der Waals surface area contributed by atoms with Gasteiger partial charge < -0.3 is 15.3 Å². The van der Waals surface area contributed by atoms with Gasteiger partial charge in [0.15, 0.2) is 0 Å². The van der Waals surface area contributed by atoms with Gasteiger partial charge in [-0.1, -0.05) is 19.1 Å². The van der Waals surface area contributed by atoms with Gasteiger partial charge in [0.2, 0.25) is 0 Å². The lowest BCUT2D eigenvalue weighted by Crippen LogP contribution is -2.46. The van der Waals surface area contributed by atoms with Crippen molar-refractivity contribution >= 4 is 17.7 Å². The van der Waals surface area contributed by atoms with Crippen LogP contribution in [0.4, 0.5) is 10.5 Å². The van der Waals surface area contributed by atoms with Crippen molar-refractivity contribution in [3.8, 4) is 0 Å². The fourth-order valence-electron chi connectivity index (χ4n) is 1.65. The zero-order valence-electron chi connectivity index (χ0n) is 12.4. The molecular formula is C15H22N2O3. The van der Waals surface area contributed by atoms with E-state index >= 15 is 0 Å². The molecule has 0 aliphatic heterocycles. The summed E-state index contributed by atoms with van der Waals surface area (Å²) in [7, 11) is 1.75. The van der Waals surface area contributed by atoms with Crippen LogP contribution in [0, 0.1) is 0 Å². The fraction of sp³-hybridized carbons (Fsp3) is 0.467. The number of hydrogen-bond acceptors (Lipinski definition) is 2. The van der Waals surface area contributed by atoms with Gasteiger partial charge in [-0.05, 0) is 38.0 Å². The highest BCUT2D eigenvalue weighted by molar-refractivity contribution is 5.89. The monoisotopic (exact) mass is 278 g/mol. The first-order valence-corrected chi connectivity index (χ1v) is 6.62. The Morgan fingerprint density at radius 1 is 1.35 bits per heavy atom. The maximum absolute atomic E-state index is 12.1. The number of benzene rings is 1. The van der Waals surface area contributed by atoms with Crippen molar-refractivity contribution in [2.45, 2.75) is 39.2 Å². The van der Waals surface area contributed by atoms with Crippen LogP contribution in [0.25, 0.3) is 0 Å². The summed E-state index contributed by atoms with van der Waals surface area (Å²) in [6.07, 6.45) is 0.788. The second kappa shape index (κ2) is 6.41. The van der Waals surface area contributed by atoms with E-state index in [0.29, 0.717) is 11.3 Å². The highest BCUT2D eigenvalue weighted by atomic mass is 16.4. The fourth-order valence-corrected chi connectivity index (χ4v) is 1.65. The molecule has 0 aliphatic rings. The standard InChI is InChI=1S/C15H22N2O3/c1-5-15(2,3)17(4)14(20)16-12-8-6-7-11(9-12)10-13(18)19/h6-9H,5,10H2,1-4H3,(H,16,20)(H,18,19). The number of carbonyl (C=O) groups excluding carboxylic acids is 1. The van der Waals surface area contributed by atoms with E-state index in [9.17, 15) is 9.59 Å². The summed E-state index contributed by atoms with van der Waals surface area (Å²) in [4.78, 5) is 24.5. The van der Waals surface area contributed by atoms with E-state index in [0.717, 1.165) is 6.42 Å². The highest BCUT2D eigenvalue weighted by Gasteiger charge is 2.25. The average Bonchev–Trinajstić information content (AvgIpc) is 2.37. The molecule has 0 spiro atoms. The zero-order valence-corrected chi connectivity index (χ0v) is 12.4. The van der Waals surface area contributed by atoms with E-state index in [4.69, 9.17) is 5.11 Å². The lowest BCUT2D eigenvalue weighted by molar-refractivity contribution is -0.136. The van der Waals surface area contributed by atoms with Crippen molar-refractivity contribution in [2.24, 2.45) is 0 Å². The van der Waals surface area contributed by atoms with Crippen LogP contribution in [0.3, 0.4) is 0 Å². The number of urea groups is 1. The van der Waals surface area contributed by atoms with Gasteiger partial charge in [0, 0.05) is 18.3 Å². The molecule has 0 unspecified atom stereocenters. The number of hydrogen-bond donors (Lipinski definition) is 2. The van der Waals surface area contributed by atoms with Gasteiger partial charge in [0.25, 0.3) is 0 Å². The molecule has 1 aromatic carbocycles. The molecule has 1 aromatic rings. The second-order valence-electron chi connectivity index (χ2n) is 5.43. The lowest BCUT2D eigenvalue weighted by atomic mass is 10.0. The van der Waals surface area contributed by atoms with Crippen LogP contribution in [0.2, 0.25) is 0 Å². The van der Waals surface area contributed by atoms with Crippen molar-refractivity contribution in [3.05, 3.63) is 29.8 Å². The third kappa shape index (κ3) is 4.26. The average molecular weight is 278 g/mol. The Morgan fingerprint density at radius 2 is 2.00 bits per heavy atom. The number of aliphatic carboxylic acids is 1. The number of amides is 2. The molecule has 0 aromatic heterocycles. The quantitative estimate of drug-likeness (QED) is 0.870. The Morgan fingerprint density at radius 3 is 2.55 bits per heavy atom. The number of carboxylic acids is 1. The Balaban J connectivity index is 2.78. The molecule has 0 radical (unpaired) electrons. The highest BCUT2D eigenvalue weighted by Crippen LogP contribution is 2.18. The topological polar surface area (TPSA) is 69.6 Å². The Hall–Kier alpha value is -2.04. The number of nitrogens with zero attached hydrogens (tertiary/aromatic N) is 1. The van der Waals surface area contributed by atoms with Gasteiger partial charge in [0.1, 0.15) is 0 Å². The molecule has 1 rings (SSSR count). The third-order valence-corrected chi connectivity index (χ3v) is 3.61. The van der Waals surface area contributed by atoms with Crippen LogP contribution in [0.5, 0.6) is 0 Å². The van der Waals surface area contributed by atoms with E-state index in [1.807, 2.05) is 20.8 Å². The van der Waals surface area contributed by atoms with Crippen LogP contribution in [0.15, 0.2) is 24.3 Å².